The molecule has 24 heavy (non-hydrogen) atoms. The molecule has 0 saturated heterocycles. The van der Waals surface area contributed by atoms with Crippen LogP contribution in [0.3, 0.4) is 0 Å². The van der Waals surface area contributed by atoms with Crippen molar-refractivity contribution in [1.82, 2.24) is 0 Å². The van der Waals surface area contributed by atoms with Crippen molar-refractivity contribution in [3.05, 3.63) is 88.9 Å². The molecule has 0 aliphatic rings. The van der Waals surface area contributed by atoms with Crippen LogP contribution in [-0.2, 0) is 0 Å². The molecule has 0 bridgehead atoms. The van der Waals surface area contributed by atoms with Gasteiger partial charge in [-0.2, -0.15) is 0 Å². The van der Waals surface area contributed by atoms with Gasteiger partial charge in [0.05, 0.1) is 16.3 Å². The first-order valence-corrected chi connectivity index (χ1v) is 7.91. The average molecular weight is 338 g/mol. The number of para-hydroxylation sites is 2. The Hall–Kier alpha value is -2.78. The summed E-state index contributed by atoms with van der Waals surface area (Å²) in [6.45, 7) is 1.94. The van der Waals surface area contributed by atoms with E-state index >= 15 is 0 Å². The Morgan fingerprint density at radius 1 is 0.958 bits per heavy atom. The summed E-state index contributed by atoms with van der Waals surface area (Å²) < 4.78 is 5.82. The molecule has 0 fully saturated rings. The zero-order valence-corrected chi connectivity index (χ0v) is 13.9. The van der Waals surface area contributed by atoms with Gasteiger partial charge >= 0.3 is 0 Å². The molecule has 3 nitrogen and oxygen atoms in total. The van der Waals surface area contributed by atoms with E-state index in [-0.39, 0.29) is 5.91 Å². The highest BCUT2D eigenvalue weighted by Gasteiger charge is 2.14. The molecule has 0 heterocycles. The number of hydrogen-bond acceptors (Lipinski definition) is 2. The van der Waals surface area contributed by atoms with Gasteiger partial charge in [-0.05, 0) is 48.9 Å². The second kappa shape index (κ2) is 7.20. The number of ether oxygens (including phenoxy) is 1. The fraction of sp³-hybridized carbons (Fsp3) is 0.0500. The van der Waals surface area contributed by atoms with Gasteiger partial charge in [-0.3, -0.25) is 4.79 Å². The normalized spacial score (nSPS) is 10.2. The SMILES string of the molecule is Cc1ccc(NC(=O)c2ccccc2Oc2ccccc2)c(Cl)c1. The number of rotatable bonds is 4. The lowest BCUT2D eigenvalue weighted by atomic mass is 10.1. The highest BCUT2D eigenvalue weighted by atomic mass is 35.5. The van der Waals surface area contributed by atoms with E-state index < -0.39 is 0 Å². The Bertz CT molecular complexity index is 863. The summed E-state index contributed by atoms with van der Waals surface area (Å²) in [6, 6.07) is 21.9. The minimum absolute atomic E-state index is 0.271. The summed E-state index contributed by atoms with van der Waals surface area (Å²) in [5.74, 6) is 0.892. The quantitative estimate of drug-likeness (QED) is 0.663. The zero-order valence-electron chi connectivity index (χ0n) is 13.1. The molecule has 0 spiro atoms. The first-order chi connectivity index (χ1) is 11.6. The third-order valence-electron chi connectivity index (χ3n) is 3.48. The Balaban J connectivity index is 1.85. The number of carbonyl (C=O) groups excluding carboxylic acids is 1. The maximum atomic E-state index is 12.6. The van der Waals surface area contributed by atoms with Crippen LogP contribution in [-0.4, -0.2) is 5.91 Å². The molecule has 1 N–H and O–H groups in total. The van der Waals surface area contributed by atoms with Crippen LogP contribution in [0.15, 0.2) is 72.8 Å². The number of nitrogens with one attached hydrogen (secondary N) is 1. The second-order valence-corrected chi connectivity index (χ2v) is 5.76. The fourth-order valence-electron chi connectivity index (χ4n) is 2.27. The van der Waals surface area contributed by atoms with Gasteiger partial charge < -0.3 is 10.1 Å². The van der Waals surface area contributed by atoms with E-state index in [1.165, 1.54) is 0 Å². The standard InChI is InChI=1S/C20H16ClNO2/c1-14-11-12-18(17(21)13-14)22-20(23)16-9-5-6-10-19(16)24-15-7-3-2-4-8-15/h2-13H,1H3,(H,22,23). The number of hydrogen-bond donors (Lipinski definition) is 1. The third kappa shape index (κ3) is 3.76. The topological polar surface area (TPSA) is 38.3 Å². The molecule has 0 radical (unpaired) electrons. The molecule has 0 atom stereocenters. The number of aryl methyl sites for hydroxylation is 1. The Morgan fingerprint density at radius 3 is 2.42 bits per heavy atom. The summed E-state index contributed by atoms with van der Waals surface area (Å²) in [6.07, 6.45) is 0. The zero-order chi connectivity index (χ0) is 16.9. The molecule has 0 saturated carbocycles. The van der Waals surface area contributed by atoms with Gasteiger partial charge in [0.25, 0.3) is 5.91 Å². The van der Waals surface area contributed by atoms with E-state index in [4.69, 9.17) is 16.3 Å². The van der Waals surface area contributed by atoms with E-state index in [1.54, 1.807) is 24.3 Å². The molecule has 0 unspecified atom stereocenters. The summed E-state index contributed by atoms with van der Waals surface area (Å²) in [7, 11) is 0. The van der Waals surface area contributed by atoms with Gasteiger partial charge in [-0.25, -0.2) is 0 Å². The van der Waals surface area contributed by atoms with E-state index in [9.17, 15) is 4.79 Å². The predicted octanol–water partition coefficient (Wildman–Crippen LogP) is 5.69. The molecule has 120 valence electrons. The lowest BCUT2D eigenvalue weighted by Crippen LogP contribution is -2.13. The van der Waals surface area contributed by atoms with Crippen molar-refractivity contribution in [3.63, 3.8) is 0 Å². The van der Waals surface area contributed by atoms with E-state index in [2.05, 4.69) is 5.32 Å². The van der Waals surface area contributed by atoms with Crippen LogP contribution in [0.4, 0.5) is 5.69 Å². The predicted molar refractivity (Wildman–Crippen MR) is 97.1 cm³/mol. The average Bonchev–Trinajstić information content (AvgIpc) is 2.59. The van der Waals surface area contributed by atoms with Crippen LogP contribution in [0.25, 0.3) is 0 Å². The molecule has 3 aromatic rings. The van der Waals surface area contributed by atoms with Crippen LogP contribution >= 0.6 is 11.6 Å². The van der Waals surface area contributed by atoms with Crippen molar-refractivity contribution in [2.45, 2.75) is 6.92 Å². The minimum Gasteiger partial charge on any atom is -0.457 e. The van der Waals surface area contributed by atoms with E-state index in [0.29, 0.717) is 27.8 Å². The Morgan fingerprint density at radius 2 is 1.67 bits per heavy atom. The van der Waals surface area contributed by atoms with Gasteiger partial charge in [0, 0.05) is 0 Å². The molecule has 3 rings (SSSR count). The van der Waals surface area contributed by atoms with E-state index in [1.807, 2.05) is 55.5 Å². The van der Waals surface area contributed by atoms with Crippen molar-refractivity contribution >= 4 is 23.2 Å². The van der Waals surface area contributed by atoms with Crippen molar-refractivity contribution in [3.8, 4) is 11.5 Å². The smallest absolute Gasteiger partial charge is 0.259 e. The largest absolute Gasteiger partial charge is 0.457 e. The third-order valence-corrected chi connectivity index (χ3v) is 3.79. The first kappa shape index (κ1) is 16.1. The molecular formula is C20H16ClNO2. The van der Waals surface area contributed by atoms with Crippen LogP contribution in [0.5, 0.6) is 11.5 Å². The molecule has 4 heteroatoms. The van der Waals surface area contributed by atoms with Crippen molar-refractivity contribution in [2.75, 3.05) is 5.32 Å². The lowest BCUT2D eigenvalue weighted by Gasteiger charge is -2.12. The number of anilines is 1. The van der Waals surface area contributed by atoms with Gasteiger partial charge in [-0.1, -0.05) is 48.0 Å². The molecule has 1 amide bonds. The van der Waals surface area contributed by atoms with Gasteiger partial charge in [0.2, 0.25) is 0 Å². The number of carbonyl (C=O) groups is 1. The second-order valence-electron chi connectivity index (χ2n) is 5.35. The maximum Gasteiger partial charge on any atom is 0.259 e. The fourth-order valence-corrected chi connectivity index (χ4v) is 2.55. The van der Waals surface area contributed by atoms with Crippen molar-refractivity contribution < 1.29 is 9.53 Å². The van der Waals surface area contributed by atoms with Crippen LogP contribution in [0, 0.1) is 6.92 Å². The van der Waals surface area contributed by atoms with Gasteiger partial charge in [-0.15, -0.1) is 0 Å². The Labute approximate surface area is 145 Å². The van der Waals surface area contributed by atoms with Crippen LogP contribution in [0.1, 0.15) is 15.9 Å². The minimum atomic E-state index is -0.271. The molecule has 0 aromatic heterocycles. The molecule has 0 aliphatic heterocycles. The summed E-state index contributed by atoms with van der Waals surface area (Å²) >= 11 is 6.18. The monoisotopic (exact) mass is 337 g/mol. The summed E-state index contributed by atoms with van der Waals surface area (Å²) in [4.78, 5) is 12.6. The maximum absolute atomic E-state index is 12.6. The molecule has 3 aromatic carbocycles. The lowest BCUT2D eigenvalue weighted by molar-refractivity contribution is 0.102. The van der Waals surface area contributed by atoms with Crippen LogP contribution in [0.2, 0.25) is 5.02 Å². The summed E-state index contributed by atoms with van der Waals surface area (Å²) in [5.41, 5.74) is 2.05. The highest BCUT2D eigenvalue weighted by molar-refractivity contribution is 6.34. The number of benzene rings is 3. The number of halogens is 1. The molecular weight excluding hydrogens is 322 g/mol. The van der Waals surface area contributed by atoms with E-state index in [0.717, 1.165) is 5.56 Å². The highest BCUT2D eigenvalue weighted by Crippen LogP contribution is 2.27. The Kier molecular flexibility index (Phi) is 4.82. The summed E-state index contributed by atoms with van der Waals surface area (Å²) in [5, 5.41) is 3.33. The first-order valence-electron chi connectivity index (χ1n) is 7.53. The van der Waals surface area contributed by atoms with Crippen molar-refractivity contribution in [1.29, 1.82) is 0 Å². The number of amides is 1. The molecule has 0 aliphatic carbocycles. The van der Waals surface area contributed by atoms with Gasteiger partial charge in [0.15, 0.2) is 0 Å². The van der Waals surface area contributed by atoms with Crippen LogP contribution < -0.4 is 10.1 Å². The van der Waals surface area contributed by atoms with Gasteiger partial charge in [0.1, 0.15) is 11.5 Å². The van der Waals surface area contributed by atoms with Crippen molar-refractivity contribution in [2.24, 2.45) is 0 Å².